The fraction of sp³-hybridized carbons (Fsp3) is 0.412. The number of hydrogen-bond acceptors (Lipinski definition) is 3. The van der Waals surface area contributed by atoms with Gasteiger partial charge in [0.1, 0.15) is 18.8 Å². The maximum Gasteiger partial charge on any atom is 0.138 e. The fourth-order valence-electron chi connectivity index (χ4n) is 2.33. The van der Waals surface area contributed by atoms with Crippen molar-refractivity contribution >= 4 is 35.0 Å². The first kappa shape index (κ1) is 18.0. The Bertz CT molecular complexity index is 676. The van der Waals surface area contributed by atoms with Crippen molar-refractivity contribution in [1.82, 2.24) is 14.8 Å². The fourth-order valence-corrected chi connectivity index (χ4v) is 2.79. The number of benzene rings is 1. The van der Waals surface area contributed by atoms with Crippen LogP contribution in [-0.2, 0) is 4.74 Å². The molecule has 124 valence electrons. The maximum atomic E-state index is 6.32. The van der Waals surface area contributed by atoms with Crippen LogP contribution in [0.5, 0.6) is 0 Å². The standard InChI is InChI=1S/C17H21Cl2N3O/c1-5-23-16(17(2,3)4)15(22-11-20-10-21-22)8-12-6-7-13(18)9-14(12)19/h6-11,16H,5H2,1-4H3/b15-8-/t16-/m1/s1. The number of aromatic nitrogens is 3. The van der Waals surface area contributed by atoms with E-state index in [1.165, 1.54) is 6.33 Å². The highest BCUT2D eigenvalue weighted by Crippen LogP contribution is 2.33. The summed E-state index contributed by atoms with van der Waals surface area (Å²) in [5.41, 5.74) is 1.61. The normalized spacial score (nSPS) is 14.1. The highest BCUT2D eigenvalue weighted by atomic mass is 35.5. The van der Waals surface area contributed by atoms with Crippen molar-refractivity contribution in [2.75, 3.05) is 6.61 Å². The maximum absolute atomic E-state index is 6.32. The van der Waals surface area contributed by atoms with Crippen LogP contribution < -0.4 is 0 Å². The summed E-state index contributed by atoms with van der Waals surface area (Å²) in [5, 5.41) is 5.45. The van der Waals surface area contributed by atoms with Gasteiger partial charge in [-0.05, 0) is 36.1 Å². The number of rotatable bonds is 5. The second-order valence-corrected chi connectivity index (χ2v) is 7.12. The van der Waals surface area contributed by atoms with E-state index in [1.807, 2.05) is 25.1 Å². The van der Waals surface area contributed by atoms with E-state index in [2.05, 4.69) is 30.9 Å². The molecular weight excluding hydrogens is 333 g/mol. The Morgan fingerprint density at radius 2 is 2.09 bits per heavy atom. The molecule has 0 radical (unpaired) electrons. The number of nitrogens with zero attached hydrogens (tertiary/aromatic N) is 3. The van der Waals surface area contributed by atoms with Crippen LogP contribution in [0.15, 0.2) is 30.9 Å². The number of halogens is 2. The van der Waals surface area contributed by atoms with Crippen molar-refractivity contribution in [3.63, 3.8) is 0 Å². The molecule has 0 aliphatic carbocycles. The highest BCUT2D eigenvalue weighted by molar-refractivity contribution is 6.35. The molecule has 0 amide bonds. The molecule has 2 aromatic rings. The monoisotopic (exact) mass is 353 g/mol. The highest BCUT2D eigenvalue weighted by Gasteiger charge is 2.30. The average molecular weight is 354 g/mol. The largest absolute Gasteiger partial charge is 0.372 e. The summed E-state index contributed by atoms with van der Waals surface area (Å²) in [5.74, 6) is 0. The van der Waals surface area contributed by atoms with Crippen LogP contribution >= 0.6 is 23.2 Å². The molecule has 0 saturated carbocycles. The minimum atomic E-state index is -0.166. The van der Waals surface area contributed by atoms with Crippen LogP contribution in [0.4, 0.5) is 0 Å². The summed E-state index contributed by atoms with van der Waals surface area (Å²) in [7, 11) is 0. The average Bonchev–Trinajstić information content (AvgIpc) is 2.97. The first-order chi connectivity index (χ1) is 10.8. The van der Waals surface area contributed by atoms with E-state index in [-0.39, 0.29) is 11.5 Å². The molecule has 0 aliphatic rings. The summed E-state index contributed by atoms with van der Waals surface area (Å²) < 4.78 is 7.72. The molecule has 0 aliphatic heterocycles. The predicted molar refractivity (Wildman–Crippen MR) is 95.5 cm³/mol. The van der Waals surface area contributed by atoms with Crippen LogP contribution in [0.1, 0.15) is 33.3 Å². The number of ether oxygens (including phenoxy) is 1. The number of hydrogen-bond donors (Lipinski definition) is 0. The van der Waals surface area contributed by atoms with Crippen molar-refractivity contribution < 1.29 is 4.74 Å². The first-order valence-corrected chi connectivity index (χ1v) is 8.21. The van der Waals surface area contributed by atoms with E-state index in [0.717, 1.165) is 11.3 Å². The van der Waals surface area contributed by atoms with Crippen LogP contribution in [0.2, 0.25) is 10.0 Å². The van der Waals surface area contributed by atoms with Gasteiger partial charge in [-0.15, -0.1) is 0 Å². The van der Waals surface area contributed by atoms with Gasteiger partial charge < -0.3 is 4.74 Å². The van der Waals surface area contributed by atoms with Crippen LogP contribution in [-0.4, -0.2) is 27.5 Å². The van der Waals surface area contributed by atoms with Crippen molar-refractivity contribution in [2.24, 2.45) is 5.41 Å². The van der Waals surface area contributed by atoms with Gasteiger partial charge in [0.25, 0.3) is 0 Å². The Morgan fingerprint density at radius 3 is 2.61 bits per heavy atom. The lowest BCUT2D eigenvalue weighted by Gasteiger charge is -2.32. The Balaban J connectivity index is 2.56. The van der Waals surface area contributed by atoms with E-state index in [4.69, 9.17) is 27.9 Å². The second-order valence-electron chi connectivity index (χ2n) is 6.28. The molecule has 0 bridgehead atoms. The van der Waals surface area contributed by atoms with Gasteiger partial charge in [-0.2, -0.15) is 5.10 Å². The van der Waals surface area contributed by atoms with E-state index in [9.17, 15) is 0 Å². The zero-order chi connectivity index (χ0) is 17.0. The van der Waals surface area contributed by atoms with E-state index in [1.54, 1.807) is 17.1 Å². The van der Waals surface area contributed by atoms with Gasteiger partial charge in [0.15, 0.2) is 0 Å². The van der Waals surface area contributed by atoms with E-state index in [0.29, 0.717) is 16.7 Å². The van der Waals surface area contributed by atoms with Gasteiger partial charge in [0, 0.05) is 16.7 Å². The first-order valence-electron chi connectivity index (χ1n) is 7.46. The summed E-state index contributed by atoms with van der Waals surface area (Å²) in [4.78, 5) is 4.05. The third kappa shape index (κ3) is 4.56. The Kier molecular flexibility index (Phi) is 5.84. The Hall–Kier alpha value is -1.36. The molecule has 0 fully saturated rings. The summed E-state index contributed by atoms with van der Waals surface area (Å²) >= 11 is 12.3. The molecule has 0 N–H and O–H groups in total. The quantitative estimate of drug-likeness (QED) is 0.756. The van der Waals surface area contributed by atoms with E-state index >= 15 is 0 Å². The molecular formula is C17H21Cl2N3O. The minimum absolute atomic E-state index is 0.118. The Labute approximate surface area is 147 Å². The topological polar surface area (TPSA) is 39.9 Å². The summed E-state index contributed by atoms with van der Waals surface area (Å²) in [6, 6.07) is 5.42. The molecule has 0 spiro atoms. The lowest BCUT2D eigenvalue weighted by atomic mass is 9.86. The molecule has 2 rings (SSSR count). The van der Waals surface area contributed by atoms with Gasteiger partial charge in [-0.3, -0.25) is 0 Å². The molecule has 1 aromatic heterocycles. The van der Waals surface area contributed by atoms with Crippen molar-refractivity contribution in [2.45, 2.75) is 33.8 Å². The van der Waals surface area contributed by atoms with Gasteiger partial charge in [-0.1, -0.05) is 50.0 Å². The zero-order valence-electron chi connectivity index (χ0n) is 13.8. The molecule has 6 heteroatoms. The molecule has 0 saturated heterocycles. The van der Waals surface area contributed by atoms with Crippen LogP contribution in [0.25, 0.3) is 11.8 Å². The van der Waals surface area contributed by atoms with Crippen LogP contribution in [0, 0.1) is 5.41 Å². The SMILES string of the molecule is CCO[C@H](/C(=C/c1ccc(Cl)cc1Cl)n1cncn1)C(C)(C)C. The van der Waals surface area contributed by atoms with Crippen molar-refractivity contribution in [3.8, 4) is 0 Å². The lowest BCUT2D eigenvalue weighted by molar-refractivity contribution is 0.0260. The summed E-state index contributed by atoms with van der Waals surface area (Å²) in [6.45, 7) is 8.96. The summed E-state index contributed by atoms with van der Waals surface area (Å²) in [6.07, 6.45) is 4.97. The molecule has 4 nitrogen and oxygen atoms in total. The molecule has 23 heavy (non-hydrogen) atoms. The third-order valence-corrected chi connectivity index (χ3v) is 3.90. The molecule has 0 unspecified atom stereocenters. The van der Waals surface area contributed by atoms with Crippen LogP contribution in [0.3, 0.4) is 0 Å². The van der Waals surface area contributed by atoms with Gasteiger partial charge in [0.05, 0.1) is 5.70 Å². The zero-order valence-corrected chi connectivity index (χ0v) is 15.3. The molecule has 1 heterocycles. The third-order valence-electron chi connectivity index (χ3n) is 3.34. The molecule has 1 atom stereocenters. The smallest absolute Gasteiger partial charge is 0.138 e. The lowest BCUT2D eigenvalue weighted by Crippen LogP contribution is -2.33. The van der Waals surface area contributed by atoms with Crippen molar-refractivity contribution in [1.29, 1.82) is 0 Å². The van der Waals surface area contributed by atoms with Gasteiger partial charge in [-0.25, -0.2) is 9.67 Å². The molecule has 1 aromatic carbocycles. The van der Waals surface area contributed by atoms with E-state index < -0.39 is 0 Å². The minimum Gasteiger partial charge on any atom is -0.372 e. The Morgan fingerprint density at radius 1 is 1.35 bits per heavy atom. The second kappa shape index (κ2) is 7.47. The van der Waals surface area contributed by atoms with Crippen molar-refractivity contribution in [3.05, 3.63) is 46.5 Å². The van der Waals surface area contributed by atoms with Gasteiger partial charge in [0.2, 0.25) is 0 Å². The predicted octanol–water partition coefficient (Wildman–Crippen LogP) is 5.03. The van der Waals surface area contributed by atoms with Gasteiger partial charge >= 0.3 is 0 Å².